The minimum Gasteiger partial charge on any atom is -0.326 e. The van der Waals surface area contributed by atoms with E-state index in [1.54, 1.807) is 12.4 Å². The summed E-state index contributed by atoms with van der Waals surface area (Å²) in [5, 5.41) is 7.95. The highest BCUT2D eigenvalue weighted by molar-refractivity contribution is 5.26. The van der Waals surface area contributed by atoms with E-state index in [0.717, 1.165) is 18.9 Å². The highest BCUT2D eigenvalue weighted by Gasteiger charge is 2.19. The van der Waals surface area contributed by atoms with E-state index in [9.17, 15) is 4.39 Å². The van der Waals surface area contributed by atoms with E-state index in [1.807, 2.05) is 16.7 Å². The number of halogens is 1. The average molecular weight is 261 g/mol. The van der Waals surface area contributed by atoms with Crippen molar-refractivity contribution in [3.05, 3.63) is 47.3 Å². The standard InChI is InChI=1S/C13H16FN5/c14-13-10(6-15)2-1-3-11(13)7-18-4-5-19-9-16-17-12(19)8-18/h1-3,9H,4-8,15H2. The van der Waals surface area contributed by atoms with Crippen LogP contribution >= 0.6 is 0 Å². The van der Waals surface area contributed by atoms with Crippen molar-refractivity contribution in [1.29, 1.82) is 0 Å². The second-order valence-electron chi connectivity index (χ2n) is 4.75. The lowest BCUT2D eigenvalue weighted by Crippen LogP contribution is -2.33. The van der Waals surface area contributed by atoms with Crippen molar-refractivity contribution in [3.8, 4) is 0 Å². The summed E-state index contributed by atoms with van der Waals surface area (Å²) in [5.41, 5.74) is 6.78. The molecule has 3 rings (SSSR count). The van der Waals surface area contributed by atoms with Crippen molar-refractivity contribution in [3.63, 3.8) is 0 Å². The molecule has 0 radical (unpaired) electrons. The van der Waals surface area contributed by atoms with Gasteiger partial charge >= 0.3 is 0 Å². The van der Waals surface area contributed by atoms with Crippen molar-refractivity contribution in [1.82, 2.24) is 19.7 Å². The van der Waals surface area contributed by atoms with Crippen LogP contribution in [0, 0.1) is 5.82 Å². The zero-order valence-electron chi connectivity index (χ0n) is 10.6. The Morgan fingerprint density at radius 1 is 1.26 bits per heavy atom. The van der Waals surface area contributed by atoms with Crippen LogP contribution < -0.4 is 5.73 Å². The smallest absolute Gasteiger partial charge is 0.147 e. The van der Waals surface area contributed by atoms with E-state index >= 15 is 0 Å². The lowest BCUT2D eigenvalue weighted by atomic mass is 10.1. The molecular formula is C13H16FN5. The van der Waals surface area contributed by atoms with Gasteiger partial charge in [0.2, 0.25) is 0 Å². The maximum absolute atomic E-state index is 14.1. The summed E-state index contributed by atoms with van der Waals surface area (Å²) in [6.45, 7) is 3.23. The topological polar surface area (TPSA) is 60.0 Å². The third kappa shape index (κ3) is 2.36. The summed E-state index contributed by atoms with van der Waals surface area (Å²) in [6.07, 6.45) is 1.74. The number of nitrogens with two attached hydrogens (primary N) is 1. The number of hydrogen-bond acceptors (Lipinski definition) is 4. The maximum atomic E-state index is 14.1. The average Bonchev–Trinajstić information content (AvgIpc) is 2.88. The van der Waals surface area contributed by atoms with Gasteiger partial charge in [-0.25, -0.2) is 4.39 Å². The molecule has 100 valence electrons. The molecular weight excluding hydrogens is 245 g/mol. The maximum Gasteiger partial charge on any atom is 0.147 e. The number of benzene rings is 1. The molecule has 0 bridgehead atoms. The number of rotatable bonds is 3. The summed E-state index contributed by atoms with van der Waals surface area (Å²) >= 11 is 0. The van der Waals surface area contributed by atoms with Gasteiger partial charge in [0.05, 0.1) is 6.54 Å². The Labute approximate surface area is 110 Å². The van der Waals surface area contributed by atoms with Gasteiger partial charge in [0.25, 0.3) is 0 Å². The molecule has 0 fully saturated rings. The van der Waals surface area contributed by atoms with E-state index in [2.05, 4.69) is 15.1 Å². The van der Waals surface area contributed by atoms with Crippen LogP contribution in [0.1, 0.15) is 17.0 Å². The van der Waals surface area contributed by atoms with Crippen molar-refractivity contribution in [2.45, 2.75) is 26.2 Å². The molecule has 1 aliphatic heterocycles. The number of aromatic nitrogens is 3. The van der Waals surface area contributed by atoms with Crippen molar-refractivity contribution < 1.29 is 4.39 Å². The Morgan fingerprint density at radius 3 is 2.95 bits per heavy atom. The summed E-state index contributed by atoms with van der Waals surface area (Å²) < 4.78 is 16.2. The van der Waals surface area contributed by atoms with Crippen molar-refractivity contribution in [2.75, 3.05) is 6.54 Å². The van der Waals surface area contributed by atoms with E-state index < -0.39 is 0 Å². The van der Waals surface area contributed by atoms with E-state index in [4.69, 9.17) is 5.73 Å². The van der Waals surface area contributed by atoms with Gasteiger partial charge in [0.15, 0.2) is 0 Å². The second-order valence-corrected chi connectivity index (χ2v) is 4.75. The first kappa shape index (κ1) is 12.3. The fraction of sp³-hybridized carbons (Fsp3) is 0.385. The molecule has 0 saturated carbocycles. The molecule has 0 spiro atoms. The van der Waals surface area contributed by atoms with Gasteiger partial charge in [-0.3, -0.25) is 4.90 Å². The Balaban J connectivity index is 1.76. The van der Waals surface area contributed by atoms with Crippen molar-refractivity contribution >= 4 is 0 Å². The SMILES string of the molecule is NCc1cccc(CN2CCn3cnnc3C2)c1F. The predicted molar refractivity (Wildman–Crippen MR) is 68.4 cm³/mol. The summed E-state index contributed by atoms with van der Waals surface area (Å²) in [7, 11) is 0. The number of nitrogens with zero attached hydrogens (tertiary/aromatic N) is 4. The largest absolute Gasteiger partial charge is 0.326 e. The third-order valence-electron chi connectivity index (χ3n) is 3.49. The first-order valence-electron chi connectivity index (χ1n) is 6.33. The third-order valence-corrected chi connectivity index (χ3v) is 3.49. The van der Waals surface area contributed by atoms with Crippen LogP contribution in [0.4, 0.5) is 4.39 Å². The fourth-order valence-corrected chi connectivity index (χ4v) is 2.40. The van der Waals surface area contributed by atoms with Crippen LogP contribution in [0.3, 0.4) is 0 Å². The molecule has 0 saturated heterocycles. The van der Waals surface area contributed by atoms with Crippen LogP contribution in [-0.4, -0.2) is 26.2 Å². The van der Waals surface area contributed by atoms with Gasteiger partial charge < -0.3 is 10.3 Å². The highest BCUT2D eigenvalue weighted by Crippen LogP contribution is 2.17. The first-order chi connectivity index (χ1) is 9.28. The minimum absolute atomic E-state index is 0.183. The van der Waals surface area contributed by atoms with Crippen LogP contribution in [0.5, 0.6) is 0 Å². The van der Waals surface area contributed by atoms with E-state index in [-0.39, 0.29) is 12.4 Å². The van der Waals surface area contributed by atoms with Crippen LogP contribution in [0.2, 0.25) is 0 Å². The van der Waals surface area contributed by atoms with Crippen LogP contribution in [0.15, 0.2) is 24.5 Å². The molecule has 2 N–H and O–H groups in total. The predicted octanol–water partition coefficient (Wildman–Crippen LogP) is 0.892. The molecule has 2 heterocycles. The lowest BCUT2D eigenvalue weighted by molar-refractivity contribution is 0.206. The number of fused-ring (bicyclic) bond motifs is 1. The molecule has 0 atom stereocenters. The Hall–Kier alpha value is -1.79. The van der Waals surface area contributed by atoms with Crippen molar-refractivity contribution in [2.24, 2.45) is 5.73 Å². The lowest BCUT2D eigenvalue weighted by Gasteiger charge is -2.27. The van der Waals surface area contributed by atoms with Crippen LogP contribution in [-0.2, 0) is 26.2 Å². The zero-order chi connectivity index (χ0) is 13.2. The summed E-state index contributed by atoms with van der Waals surface area (Å²) in [4.78, 5) is 2.17. The highest BCUT2D eigenvalue weighted by atomic mass is 19.1. The minimum atomic E-state index is -0.183. The molecule has 19 heavy (non-hydrogen) atoms. The van der Waals surface area contributed by atoms with Gasteiger partial charge in [-0.2, -0.15) is 0 Å². The summed E-state index contributed by atoms with van der Waals surface area (Å²) in [6, 6.07) is 5.40. The molecule has 6 heteroatoms. The van der Waals surface area contributed by atoms with E-state index in [1.165, 1.54) is 0 Å². The Morgan fingerprint density at radius 2 is 2.11 bits per heavy atom. The van der Waals surface area contributed by atoms with Gasteiger partial charge in [0.1, 0.15) is 18.0 Å². The molecule has 1 aromatic carbocycles. The number of hydrogen-bond donors (Lipinski definition) is 1. The van der Waals surface area contributed by atoms with Crippen LogP contribution in [0.25, 0.3) is 0 Å². The Kier molecular flexibility index (Phi) is 3.27. The molecule has 1 aliphatic rings. The molecule has 0 unspecified atom stereocenters. The second kappa shape index (κ2) is 5.07. The zero-order valence-corrected chi connectivity index (χ0v) is 10.6. The first-order valence-corrected chi connectivity index (χ1v) is 6.33. The fourth-order valence-electron chi connectivity index (χ4n) is 2.40. The molecule has 1 aromatic heterocycles. The molecule has 0 amide bonds. The monoisotopic (exact) mass is 261 g/mol. The quantitative estimate of drug-likeness (QED) is 0.891. The van der Waals surface area contributed by atoms with Gasteiger partial charge in [0, 0.05) is 37.3 Å². The van der Waals surface area contributed by atoms with Gasteiger partial charge in [-0.1, -0.05) is 18.2 Å². The van der Waals surface area contributed by atoms with Gasteiger partial charge in [-0.05, 0) is 0 Å². The molecule has 0 aliphatic carbocycles. The normalized spacial score (nSPS) is 15.5. The Bertz CT molecular complexity index is 580. The molecule has 2 aromatic rings. The van der Waals surface area contributed by atoms with Gasteiger partial charge in [-0.15, -0.1) is 10.2 Å². The summed E-state index contributed by atoms with van der Waals surface area (Å²) in [5.74, 6) is 0.749. The van der Waals surface area contributed by atoms with E-state index in [0.29, 0.717) is 24.2 Å². The molecule has 5 nitrogen and oxygen atoms in total.